The van der Waals surface area contributed by atoms with Crippen LogP contribution < -0.4 is 10.1 Å². The van der Waals surface area contributed by atoms with Crippen LogP contribution in [0.1, 0.15) is 58.4 Å². The van der Waals surface area contributed by atoms with Crippen LogP contribution in [-0.2, 0) is 0 Å². The molecule has 0 aliphatic heterocycles. The van der Waals surface area contributed by atoms with Gasteiger partial charge in [0.2, 0.25) is 0 Å². The summed E-state index contributed by atoms with van der Waals surface area (Å²) in [7, 11) is 0. The molecule has 3 nitrogen and oxygen atoms in total. The molecule has 1 aromatic carbocycles. The molecule has 2 atom stereocenters. The Labute approximate surface area is 129 Å². The Kier molecular flexibility index (Phi) is 7.25. The largest absolute Gasteiger partial charge is 0.493 e. The van der Waals surface area contributed by atoms with Crippen molar-refractivity contribution >= 4 is 0 Å². The summed E-state index contributed by atoms with van der Waals surface area (Å²) in [5.74, 6) is 1.46. The van der Waals surface area contributed by atoms with Crippen LogP contribution in [0.5, 0.6) is 5.75 Å². The summed E-state index contributed by atoms with van der Waals surface area (Å²) in [6.07, 6.45) is 2.84. The van der Waals surface area contributed by atoms with Gasteiger partial charge in [-0.25, -0.2) is 0 Å². The predicted octanol–water partition coefficient (Wildman–Crippen LogP) is 4.25. The van der Waals surface area contributed by atoms with Crippen molar-refractivity contribution in [1.29, 1.82) is 5.26 Å². The summed E-state index contributed by atoms with van der Waals surface area (Å²) >= 11 is 0. The molecular formula is C18H28N2O. The fraction of sp³-hybridized carbons (Fsp3) is 0.611. The normalized spacial score (nSPS) is 15.0. The Balaban J connectivity index is 2.46. The summed E-state index contributed by atoms with van der Waals surface area (Å²) in [5.41, 5.74) is 0.837. The van der Waals surface area contributed by atoms with Crippen molar-refractivity contribution in [1.82, 2.24) is 5.32 Å². The van der Waals surface area contributed by atoms with Gasteiger partial charge in [-0.15, -0.1) is 0 Å². The Morgan fingerprint density at radius 1 is 1.29 bits per heavy atom. The minimum atomic E-state index is -0.507. The van der Waals surface area contributed by atoms with Crippen LogP contribution in [0.15, 0.2) is 24.3 Å². The fourth-order valence-corrected chi connectivity index (χ4v) is 2.09. The highest BCUT2D eigenvalue weighted by Crippen LogP contribution is 2.21. The van der Waals surface area contributed by atoms with Gasteiger partial charge in [-0.05, 0) is 49.9 Å². The number of rotatable bonds is 9. The van der Waals surface area contributed by atoms with Crippen LogP contribution in [0.25, 0.3) is 0 Å². The number of nitriles is 1. The van der Waals surface area contributed by atoms with Gasteiger partial charge >= 0.3 is 0 Å². The molecule has 0 fully saturated rings. The second kappa shape index (κ2) is 8.69. The zero-order chi connectivity index (χ0) is 15.7. The number of nitrogens with zero attached hydrogens (tertiary/aromatic N) is 1. The molecule has 0 aromatic heterocycles. The molecule has 0 spiro atoms. The highest BCUT2D eigenvalue weighted by molar-refractivity contribution is 5.29. The number of ether oxygens (including phenoxy) is 1. The predicted molar refractivity (Wildman–Crippen MR) is 87.6 cm³/mol. The lowest BCUT2D eigenvalue weighted by molar-refractivity contribution is 0.267. The maximum Gasteiger partial charge on any atom is 0.119 e. The molecule has 0 saturated carbocycles. The minimum Gasteiger partial charge on any atom is -0.493 e. The highest BCUT2D eigenvalue weighted by atomic mass is 16.5. The lowest BCUT2D eigenvalue weighted by Crippen LogP contribution is -2.42. The smallest absolute Gasteiger partial charge is 0.119 e. The quantitative estimate of drug-likeness (QED) is 0.738. The van der Waals surface area contributed by atoms with Crippen LogP contribution >= 0.6 is 0 Å². The van der Waals surface area contributed by atoms with E-state index in [0.717, 1.165) is 25.1 Å². The van der Waals surface area contributed by atoms with Gasteiger partial charge in [-0.3, -0.25) is 5.32 Å². The van der Waals surface area contributed by atoms with Crippen LogP contribution in [0.3, 0.4) is 0 Å². The first-order valence-corrected chi connectivity index (χ1v) is 7.93. The first-order valence-electron chi connectivity index (χ1n) is 7.93. The average molecular weight is 288 g/mol. The van der Waals surface area contributed by atoms with Crippen molar-refractivity contribution in [3.63, 3.8) is 0 Å². The maximum absolute atomic E-state index is 9.27. The SMILES string of the molecule is CCCNC(C)(C#N)CCOc1ccc(C(C)CC)cc1. The third-order valence-corrected chi connectivity index (χ3v) is 3.94. The van der Waals surface area contributed by atoms with Crippen molar-refractivity contribution < 1.29 is 4.74 Å². The second-order valence-electron chi connectivity index (χ2n) is 5.85. The van der Waals surface area contributed by atoms with Gasteiger partial charge in [0.1, 0.15) is 11.3 Å². The molecule has 0 heterocycles. The number of nitrogens with one attached hydrogen (secondary N) is 1. The summed E-state index contributed by atoms with van der Waals surface area (Å²) in [4.78, 5) is 0. The van der Waals surface area contributed by atoms with Gasteiger partial charge in [-0.2, -0.15) is 5.26 Å². The van der Waals surface area contributed by atoms with Gasteiger partial charge in [0.05, 0.1) is 12.7 Å². The molecule has 1 aromatic rings. The van der Waals surface area contributed by atoms with Gasteiger partial charge in [0.25, 0.3) is 0 Å². The van der Waals surface area contributed by atoms with E-state index in [1.54, 1.807) is 0 Å². The summed E-state index contributed by atoms with van der Waals surface area (Å²) in [6, 6.07) is 10.6. The zero-order valence-electron chi connectivity index (χ0n) is 13.8. The van der Waals surface area contributed by atoms with Crippen molar-refractivity contribution in [2.45, 2.75) is 58.4 Å². The molecule has 3 heteroatoms. The maximum atomic E-state index is 9.27. The third-order valence-electron chi connectivity index (χ3n) is 3.94. The van der Waals surface area contributed by atoms with Crippen LogP contribution in [0.2, 0.25) is 0 Å². The Morgan fingerprint density at radius 3 is 2.48 bits per heavy atom. The van der Waals surface area contributed by atoms with Gasteiger partial charge in [0.15, 0.2) is 0 Å². The molecule has 1 N–H and O–H groups in total. The average Bonchev–Trinajstić information content (AvgIpc) is 2.53. The first kappa shape index (κ1) is 17.5. The minimum absolute atomic E-state index is 0.507. The molecule has 1 rings (SSSR count). The van der Waals surface area contributed by atoms with E-state index in [9.17, 15) is 5.26 Å². The molecule has 116 valence electrons. The van der Waals surface area contributed by atoms with Gasteiger partial charge < -0.3 is 4.74 Å². The lowest BCUT2D eigenvalue weighted by atomic mass is 9.99. The fourth-order valence-electron chi connectivity index (χ4n) is 2.09. The monoisotopic (exact) mass is 288 g/mol. The number of benzene rings is 1. The third kappa shape index (κ3) is 5.77. The Bertz CT molecular complexity index is 449. The molecular weight excluding hydrogens is 260 g/mol. The number of hydrogen-bond acceptors (Lipinski definition) is 3. The lowest BCUT2D eigenvalue weighted by Gasteiger charge is -2.23. The molecule has 0 aliphatic rings. The molecule has 0 aliphatic carbocycles. The molecule has 21 heavy (non-hydrogen) atoms. The molecule has 0 amide bonds. The number of hydrogen-bond donors (Lipinski definition) is 1. The summed E-state index contributed by atoms with van der Waals surface area (Å²) < 4.78 is 5.76. The van der Waals surface area contributed by atoms with Crippen LogP contribution in [-0.4, -0.2) is 18.7 Å². The Hall–Kier alpha value is -1.53. The van der Waals surface area contributed by atoms with Crippen LogP contribution in [0, 0.1) is 11.3 Å². The van der Waals surface area contributed by atoms with E-state index in [-0.39, 0.29) is 0 Å². The van der Waals surface area contributed by atoms with Crippen molar-refractivity contribution in [3.8, 4) is 11.8 Å². The van der Waals surface area contributed by atoms with E-state index >= 15 is 0 Å². The van der Waals surface area contributed by atoms with Crippen LogP contribution in [0.4, 0.5) is 0 Å². The second-order valence-corrected chi connectivity index (χ2v) is 5.85. The highest BCUT2D eigenvalue weighted by Gasteiger charge is 2.22. The topological polar surface area (TPSA) is 45.0 Å². The van der Waals surface area contributed by atoms with E-state index < -0.39 is 5.54 Å². The molecule has 0 bridgehead atoms. The van der Waals surface area contributed by atoms with Gasteiger partial charge in [0, 0.05) is 6.42 Å². The molecule has 0 radical (unpaired) electrons. The standard InChI is InChI=1S/C18H28N2O/c1-5-12-20-18(4,14-19)11-13-21-17-9-7-16(8-10-17)15(3)6-2/h7-10,15,20H,5-6,11-13H2,1-4H3. The van der Waals surface area contributed by atoms with Crippen molar-refractivity contribution in [2.75, 3.05) is 13.2 Å². The summed E-state index contributed by atoms with van der Waals surface area (Å²) in [5, 5.41) is 12.5. The zero-order valence-corrected chi connectivity index (χ0v) is 13.8. The van der Waals surface area contributed by atoms with Gasteiger partial charge in [-0.1, -0.05) is 32.9 Å². The van der Waals surface area contributed by atoms with E-state index in [1.165, 1.54) is 5.56 Å². The summed E-state index contributed by atoms with van der Waals surface area (Å²) in [6.45, 7) is 9.85. The van der Waals surface area contributed by atoms with E-state index in [1.807, 2.05) is 19.1 Å². The molecule has 2 unspecified atom stereocenters. The van der Waals surface area contributed by atoms with E-state index in [0.29, 0.717) is 18.9 Å². The van der Waals surface area contributed by atoms with Crippen molar-refractivity contribution in [3.05, 3.63) is 29.8 Å². The van der Waals surface area contributed by atoms with E-state index in [4.69, 9.17) is 4.74 Å². The van der Waals surface area contributed by atoms with Crippen molar-refractivity contribution in [2.24, 2.45) is 0 Å². The van der Waals surface area contributed by atoms with E-state index in [2.05, 4.69) is 44.3 Å². The molecule has 0 saturated heterocycles. The first-order chi connectivity index (χ1) is 10.0. The Morgan fingerprint density at radius 2 is 1.95 bits per heavy atom.